The van der Waals surface area contributed by atoms with Gasteiger partial charge in [0.2, 0.25) is 0 Å². The molecule has 1 unspecified atom stereocenters. The minimum atomic E-state index is 0.409. The van der Waals surface area contributed by atoms with E-state index in [4.69, 9.17) is 0 Å². The third-order valence-corrected chi connectivity index (χ3v) is 5.19. The van der Waals surface area contributed by atoms with E-state index in [-0.39, 0.29) is 0 Å². The van der Waals surface area contributed by atoms with Crippen molar-refractivity contribution in [2.24, 2.45) is 5.92 Å². The Morgan fingerprint density at radius 3 is 2.88 bits per heavy atom. The fraction of sp³-hybridized carbons (Fsp3) is 0.600. The molecule has 3 atom stereocenters. The number of hydrogen-bond acceptors (Lipinski definition) is 1. The summed E-state index contributed by atoms with van der Waals surface area (Å²) in [5.74, 6) is 0.779. The average molecular weight is 215 g/mol. The Balaban J connectivity index is 2.15. The summed E-state index contributed by atoms with van der Waals surface area (Å²) in [5.41, 5.74) is 3.61. The van der Waals surface area contributed by atoms with Crippen molar-refractivity contribution >= 4 is 0 Å². The van der Waals surface area contributed by atoms with Crippen LogP contribution < -0.4 is 0 Å². The molecule has 86 valence electrons. The van der Waals surface area contributed by atoms with E-state index in [0.717, 1.165) is 12.0 Å². The highest BCUT2D eigenvalue weighted by Gasteiger charge is 2.46. The molecule has 1 aliphatic carbocycles. The summed E-state index contributed by atoms with van der Waals surface area (Å²) in [7, 11) is 2.29. The van der Waals surface area contributed by atoms with Gasteiger partial charge < -0.3 is 4.90 Å². The van der Waals surface area contributed by atoms with Crippen LogP contribution in [0.4, 0.5) is 0 Å². The van der Waals surface area contributed by atoms with Crippen LogP contribution in [0.1, 0.15) is 31.4 Å². The molecule has 0 spiro atoms. The van der Waals surface area contributed by atoms with Crippen molar-refractivity contribution < 1.29 is 0 Å². The van der Waals surface area contributed by atoms with Gasteiger partial charge in [0.25, 0.3) is 0 Å². The molecule has 3 rings (SSSR count). The summed E-state index contributed by atoms with van der Waals surface area (Å²) >= 11 is 0. The highest BCUT2D eigenvalue weighted by Crippen LogP contribution is 2.47. The molecule has 2 bridgehead atoms. The van der Waals surface area contributed by atoms with E-state index in [2.05, 4.69) is 50.1 Å². The molecule has 0 radical (unpaired) electrons. The predicted molar refractivity (Wildman–Crippen MR) is 67.7 cm³/mol. The first kappa shape index (κ1) is 10.3. The zero-order chi connectivity index (χ0) is 11.3. The Bertz CT molecular complexity index is 412. The monoisotopic (exact) mass is 215 g/mol. The molecular weight excluding hydrogens is 194 g/mol. The molecule has 1 aliphatic heterocycles. The largest absolute Gasteiger partial charge is 0.303 e. The Kier molecular flexibility index (Phi) is 2.16. The second-order valence-electron chi connectivity index (χ2n) is 5.87. The molecule has 0 aromatic heterocycles. The molecule has 1 heterocycles. The molecule has 0 saturated carbocycles. The zero-order valence-corrected chi connectivity index (χ0v) is 10.5. The third-order valence-electron chi connectivity index (χ3n) is 5.19. The van der Waals surface area contributed by atoms with Gasteiger partial charge in [-0.15, -0.1) is 0 Å². The fourth-order valence-corrected chi connectivity index (χ4v) is 3.80. The van der Waals surface area contributed by atoms with Gasteiger partial charge in [0.15, 0.2) is 0 Å². The smallest absolute Gasteiger partial charge is 0.0167 e. The van der Waals surface area contributed by atoms with Crippen LogP contribution in [0.3, 0.4) is 0 Å². The highest BCUT2D eigenvalue weighted by atomic mass is 15.1. The minimum absolute atomic E-state index is 0.409. The minimum Gasteiger partial charge on any atom is -0.303 e. The van der Waals surface area contributed by atoms with Crippen molar-refractivity contribution in [3.63, 3.8) is 0 Å². The predicted octanol–water partition coefficient (Wildman–Crippen LogP) is 2.84. The second-order valence-corrected chi connectivity index (χ2v) is 5.87. The molecule has 1 aromatic carbocycles. The summed E-state index contributed by atoms with van der Waals surface area (Å²) in [6.07, 6.45) is 2.54. The van der Waals surface area contributed by atoms with E-state index in [1.165, 1.54) is 19.4 Å². The molecule has 0 N–H and O–H groups in total. The van der Waals surface area contributed by atoms with E-state index in [1.807, 2.05) is 0 Å². The van der Waals surface area contributed by atoms with Crippen LogP contribution in [0.25, 0.3) is 0 Å². The van der Waals surface area contributed by atoms with Gasteiger partial charge in [-0.2, -0.15) is 0 Å². The van der Waals surface area contributed by atoms with Gasteiger partial charge in [-0.25, -0.2) is 0 Å². The van der Waals surface area contributed by atoms with E-state index in [1.54, 1.807) is 11.1 Å². The lowest BCUT2D eigenvalue weighted by Gasteiger charge is -2.53. The van der Waals surface area contributed by atoms with Crippen molar-refractivity contribution in [1.82, 2.24) is 4.90 Å². The van der Waals surface area contributed by atoms with Gasteiger partial charge in [-0.3, -0.25) is 0 Å². The van der Waals surface area contributed by atoms with Crippen LogP contribution in [-0.2, 0) is 11.8 Å². The second kappa shape index (κ2) is 3.33. The van der Waals surface area contributed by atoms with Crippen LogP contribution in [0, 0.1) is 5.92 Å². The summed E-state index contributed by atoms with van der Waals surface area (Å²) < 4.78 is 0. The summed E-state index contributed by atoms with van der Waals surface area (Å²) in [6.45, 7) is 6.16. The Morgan fingerprint density at radius 2 is 2.06 bits per heavy atom. The lowest BCUT2D eigenvalue weighted by atomic mass is 9.59. The topological polar surface area (TPSA) is 3.24 Å². The number of likely N-dealkylation sites (N-methyl/N-ethyl adjacent to an activating group) is 1. The molecular formula is C15H21N. The average Bonchev–Trinajstić information content (AvgIpc) is 2.29. The van der Waals surface area contributed by atoms with Gasteiger partial charge >= 0.3 is 0 Å². The van der Waals surface area contributed by atoms with Crippen LogP contribution >= 0.6 is 0 Å². The molecule has 2 aliphatic rings. The maximum absolute atomic E-state index is 2.56. The third kappa shape index (κ3) is 1.21. The number of benzene rings is 1. The van der Waals surface area contributed by atoms with Crippen LogP contribution in [-0.4, -0.2) is 24.5 Å². The fourth-order valence-electron chi connectivity index (χ4n) is 3.80. The first-order chi connectivity index (χ1) is 7.63. The maximum atomic E-state index is 2.56. The maximum Gasteiger partial charge on any atom is 0.0167 e. The number of nitrogens with zero attached hydrogens (tertiary/aromatic N) is 1. The molecule has 0 amide bonds. The standard InChI is InChI=1S/C15H21N/c1-11-14-10-12-6-4-5-7-13(12)15(11,2)8-9-16(14)3/h4-7,11,14H,8-10H2,1-3H3/t11-,14?,15+/m0/s1. The number of hydrogen-bond donors (Lipinski definition) is 0. The van der Waals surface area contributed by atoms with Gasteiger partial charge in [0, 0.05) is 6.04 Å². The molecule has 1 nitrogen and oxygen atoms in total. The van der Waals surface area contributed by atoms with Crippen LogP contribution in [0.5, 0.6) is 0 Å². The number of fused-ring (bicyclic) bond motifs is 4. The Labute approximate surface area is 98.5 Å². The first-order valence-electron chi connectivity index (χ1n) is 6.41. The van der Waals surface area contributed by atoms with Crippen molar-refractivity contribution in [2.45, 2.75) is 38.1 Å². The van der Waals surface area contributed by atoms with Crippen molar-refractivity contribution in [3.8, 4) is 0 Å². The summed E-state index contributed by atoms with van der Waals surface area (Å²) in [4.78, 5) is 2.56. The molecule has 16 heavy (non-hydrogen) atoms. The lowest BCUT2D eigenvalue weighted by molar-refractivity contribution is 0.0508. The normalized spacial score (nSPS) is 38.2. The highest BCUT2D eigenvalue weighted by molar-refractivity contribution is 5.39. The van der Waals surface area contributed by atoms with E-state index in [9.17, 15) is 0 Å². The van der Waals surface area contributed by atoms with E-state index in [0.29, 0.717) is 5.41 Å². The Hall–Kier alpha value is -0.820. The summed E-state index contributed by atoms with van der Waals surface area (Å²) in [6, 6.07) is 9.82. The first-order valence-corrected chi connectivity index (χ1v) is 6.41. The number of rotatable bonds is 0. The van der Waals surface area contributed by atoms with Crippen molar-refractivity contribution in [2.75, 3.05) is 13.6 Å². The van der Waals surface area contributed by atoms with Crippen LogP contribution in [0.15, 0.2) is 24.3 Å². The van der Waals surface area contributed by atoms with Crippen molar-refractivity contribution in [3.05, 3.63) is 35.4 Å². The molecule has 1 aromatic rings. The molecule has 1 heteroatoms. The SMILES string of the molecule is C[C@H]1C2Cc3ccccc3[C@]1(C)CCN2C. The molecule has 1 fully saturated rings. The molecule has 1 saturated heterocycles. The lowest BCUT2D eigenvalue weighted by Crippen LogP contribution is -2.56. The van der Waals surface area contributed by atoms with Gasteiger partial charge in [-0.05, 0) is 48.9 Å². The van der Waals surface area contributed by atoms with Gasteiger partial charge in [0.05, 0.1) is 0 Å². The zero-order valence-electron chi connectivity index (χ0n) is 10.5. The Morgan fingerprint density at radius 1 is 1.31 bits per heavy atom. The van der Waals surface area contributed by atoms with E-state index >= 15 is 0 Å². The quantitative estimate of drug-likeness (QED) is 0.643. The number of likely N-dealkylation sites (tertiary alicyclic amines) is 1. The summed E-state index contributed by atoms with van der Waals surface area (Å²) in [5, 5.41) is 0. The van der Waals surface area contributed by atoms with Gasteiger partial charge in [0.1, 0.15) is 0 Å². The number of piperidine rings is 1. The van der Waals surface area contributed by atoms with Crippen LogP contribution in [0.2, 0.25) is 0 Å². The van der Waals surface area contributed by atoms with E-state index < -0.39 is 0 Å². The van der Waals surface area contributed by atoms with Crippen molar-refractivity contribution in [1.29, 1.82) is 0 Å². The van der Waals surface area contributed by atoms with Gasteiger partial charge in [-0.1, -0.05) is 38.1 Å².